The molecule has 2 nitrogen and oxygen atoms in total. The van der Waals surface area contributed by atoms with Crippen LogP contribution in [0.5, 0.6) is 0 Å². The van der Waals surface area contributed by atoms with Crippen molar-refractivity contribution in [2.75, 3.05) is 6.61 Å². The van der Waals surface area contributed by atoms with Crippen LogP contribution in [0.25, 0.3) is 0 Å². The molecule has 0 N–H and O–H groups in total. The topological polar surface area (TPSA) is 26.3 Å². The second-order valence-electron chi connectivity index (χ2n) is 5.62. The van der Waals surface area contributed by atoms with E-state index < -0.39 is 0 Å². The molecule has 1 saturated carbocycles. The molecule has 0 radical (unpaired) electrons. The van der Waals surface area contributed by atoms with E-state index in [-0.39, 0.29) is 18.3 Å². The Morgan fingerprint density at radius 2 is 1.86 bits per heavy atom. The highest BCUT2D eigenvalue weighted by atomic mass is 35.5. The van der Waals surface area contributed by atoms with Crippen LogP contribution < -0.4 is 0 Å². The molecule has 4 heteroatoms. The van der Waals surface area contributed by atoms with Gasteiger partial charge in [0, 0.05) is 23.1 Å². The number of benzene rings is 1. The third-order valence-electron chi connectivity index (χ3n) is 4.15. The SMILES string of the molecule is CCOC(C(=O)Cc1c(Cl)cccc1Cl)C1CCCCC1. The van der Waals surface area contributed by atoms with Gasteiger partial charge in [-0.05, 0) is 43.4 Å². The largest absolute Gasteiger partial charge is 0.370 e. The van der Waals surface area contributed by atoms with E-state index in [1.807, 2.05) is 6.92 Å². The summed E-state index contributed by atoms with van der Waals surface area (Å²) in [6.07, 6.45) is 5.73. The Bertz CT molecular complexity index is 461. The molecular weight excluding hydrogens is 307 g/mol. The second-order valence-corrected chi connectivity index (χ2v) is 6.43. The third-order valence-corrected chi connectivity index (χ3v) is 4.86. The van der Waals surface area contributed by atoms with Crippen molar-refractivity contribution in [2.45, 2.75) is 51.6 Å². The summed E-state index contributed by atoms with van der Waals surface area (Å²) in [7, 11) is 0. The molecule has 116 valence electrons. The van der Waals surface area contributed by atoms with Crippen LogP contribution in [0.15, 0.2) is 18.2 Å². The number of carbonyl (C=O) groups is 1. The second kappa shape index (κ2) is 8.17. The van der Waals surface area contributed by atoms with E-state index in [1.165, 1.54) is 19.3 Å². The van der Waals surface area contributed by atoms with Crippen molar-refractivity contribution >= 4 is 29.0 Å². The molecule has 1 aromatic carbocycles. The molecule has 0 aliphatic heterocycles. The number of hydrogen-bond acceptors (Lipinski definition) is 2. The van der Waals surface area contributed by atoms with E-state index in [4.69, 9.17) is 27.9 Å². The monoisotopic (exact) mass is 328 g/mol. The van der Waals surface area contributed by atoms with Gasteiger partial charge in [0.25, 0.3) is 0 Å². The maximum absolute atomic E-state index is 12.7. The Hall–Kier alpha value is -0.570. The fourth-order valence-corrected chi connectivity index (χ4v) is 3.62. The van der Waals surface area contributed by atoms with Gasteiger partial charge >= 0.3 is 0 Å². The summed E-state index contributed by atoms with van der Waals surface area (Å²) in [5.41, 5.74) is 0.714. The molecule has 1 aliphatic rings. The normalized spacial score (nSPS) is 17.7. The Morgan fingerprint density at radius 3 is 2.43 bits per heavy atom. The van der Waals surface area contributed by atoms with Gasteiger partial charge in [-0.2, -0.15) is 0 Å². The van der Waals surface area contributed by atoms with Crippen LogP contribution in [0.1, 0.15) is 44.6 Å². The summed E-state index contributed by atoms with van der Waals surface area (Å²) < 4.78 is 5.76. The first-order chi connectivity index (χ1) is 10.1. The lowest BCUT2D eigenvalue weighted by atomic mass is 9.82. The number of halogens is 2. The van der Waals surface area contributed by atoms with E-state index in [1.54, 1.807) is 18.2 Å². The van der Waals surface area contributed by atoms with Gasteiger partial charge in [0.15, 0.2) is 5.78 Å². The predicted octanol–water partition coefficient (Wildman–Crippen LogP) is 5.09. The molecule has 1 atom stereocenters. The first-order valence-corrected chi connectivity index (χ1v) is 8.46. The fraction of sp³-hybridized carbons (Fsp3) is 0.588. The smallest absolute Gasteiger partial charge is 0.166 e. The van der Waals surface area contributed by atoms with Crippen LogP contribution in [0.2, 0.25) is 10.0 Å². The number of carbonyl (C=O) groups excluding carboxylic acids is 1. The van der Waals surface area contributed by atoms with Crippen molar-refractivity contribution in [1.29, 1.82) is 0 Å². The molecule has 21 heavy (non-hydrogen) atoms. The summed E-state index contributed by atoms with van der Waals surface area (Å²) >= 11 is 12.3. The highest BCUT2D eigenvalue weighted by Crippen LogP contribution is 2.31. The molecular formula is C17H22Cl2O2. The summed E-state index contributed by atoms with van der Waals surface area (Å²) in [6, 6.07) is 5.33. The van der Waals surface area contributed by atoms with E-state index in [0.717, 1.165) is 12.8 Å². The van der Waals surface area contributed by atoms with Crippen molar-refractivity contribution in [3.8, 4) is 0 Å². The number of ketones is 1. The van der Waals surface area contributed by atoms with Crippen molar-refractivity contribution in [3.05, 3.63) is 33.8 Å². The molecule has 0 aromatic heterocycles. The zero-order valence-electron chi connectivity index (χ0n) is 12.4. The zero-order valence-corrected chi connectivity index (χ0v) is 13.9. The highest BCUT2D eigenvalue weighted by Gasteiger charge is 2.30. The summed E-state index contributed by atoms with van der Waals surface area (Å²) in [6.45, 7) is 2.49. The lowest BCUT2D eigenvalue weighted by Crippen LogP contribution is -2.35. The molecule has 0 amide bonds. The lowest BCUT2D eigenvalue weighted by molar-refractivity contribution is -0.134. The zero-order chi connectivity index (χ0) is 15.2. The van der Waals surface area contributed by atoms with E-state index in [0.29, 0.717) is 28.1 Å². The summed E-state index contributed by atoms with van der Waals surface area (Å²) in [5.74, 6) is 0.436. The van der Waals surface area contributed by atoms with Crippen LogP contribution >= 0.6 is 23.2 Å². The molecule has 1 aromatic rings. The average molecular weight is 329 g/mol. The number of hydrogen-bond donors (Lipinski definition) is 0. The van der Waals surface area contributed by atoms with Crippen molar-refractivity contribution in [1.82, 2.24) is 0 Å². The van der Waals surface area contributed by atoms with Crippen molar-refractivity contribution in [3.63, 3.8) is 0 Å². The minimum Gasteiger partial charge on any atom is -0.370 e. The maximum atomic E-state index is 12.7. The predicted molar refractivity (Wildman–Crippen MR) is 87.2 cm³/mol. The fourth-order valence-electron chi connectivity index (χ4n) is 3.08. The molecule has 1 fully saturated rings. The van der Waals surface area contributed by atoms with Gasteiger partial charge in [-0.15, -0.1) is 0 Å². The molecule has 0 heterocycles. The average Bonchev–Trinajstić information content (AvgIpc) is 2.49. The number of rotatable bonds is 6. The minimum atomic E-state index is -0.317. The lowest BCUT2D eigenvalue weighted by Gasteiger charge is -2.29. The minimum absolute atomic E-state index is 0.0961. The van der Waals surface area contributed by atoms with Crippen LogP contribution in [-0.2, 0) is 16.0 Å². The van der Waals surface area contributed by atoms with E-state index >= 15 is 0 Å². The Labute approximate surface area is 136 Å². The van der Waals surface area contributed by atoms with Crippen LogP contribution in [0.3, 0.4) is 0 Å². The van der Waals surface area contributed by atoms with E-state index in [9.17, 15) is 4.79 Å². The Balaban J connectivity index is 2.11. The molecule has 1 unspecified atom stereocenters. The van der Waals surface area contributed by atoms with Gasteiger partial charge in [-0.25, -0.2) is 0 Å². The first kappa shape index (κ1) is 16.8. The van der Waals surface area contributed by atoms with Crippen LogP contribution in [-0.4, -0.2) is 18.5 Å². The number of Topliss-reactive ketones (excluding diaryl/α,β-unsaturated/α-hetero) is 1. The van der Waals surface area contributed by atoms with Crippen molar-refractivity contribution in [2.24, 2.45) is 5.92 Å². The number of ether oxygens (including phenoxy) is 1. The maximum Gasteiger partial charge on any atom is 0.166 e. The van der Waals surface area contributed by atoms with Gasteiger partial charge < -0.3 is 4.74 Å². The van der Waals surface area contributed by atoms with Crippen LogP contribution in [0, 0.1) is 5.92 Å². The molecule has 0 saturated heterocycles. The highest BCUT2D eigenvalue weighted by molar-refractivity contribution is 6.36. The van der Waals surface area contributed by atoms with Gasteiger partial charge in [0.1, 0.15) is 6.10 Å². The van der Waals surface area contributed by atoms with Gasteiger partial charge in [-0.3, -0.25) is 4.79 Å². The molecule has 2 rings (SSSR count). The summed E-state index contributed by atoms with van der Waals surface area (Å²) in [5, 5.41) is 1.10. The van der Waals surface area contributed by atoms with Gasteiger partial charge in [-0.1, -0.05) is 48.5 Å². The van der Waals surface area contributed by atoms with Crippen LogP contribution in [0.4, 0.5) is 0 Å². The quantitative estimate of drug-likeness (QED) is 0.726. The standard InChI is InChI=1S/C17H22Cl2O2/c1-2-21-17(12-7-4-3-5-8-12)16(20)11-13-14(18)9-6-10-15(13)19/h6,9-10,12,17H,2-5,7-8,11H2,1H3. The summed E-state index contributed by atoms with van der Waals surface area (Å²) in [4.78, 5) is 12.7. The third kappa shape index (κ3) is 4.45. The van der Waals surface area contributed by atoms with E-state index in [2.05, 4.69) is 0 Å². The Morgan fingerprint density at radius 1 is 1.24 bits per heavy atom. The van der Waals surface area contributed by atoms with Crippen molar-refractivity contribution < 1.29 is 9.53 Å². The molecule has 0 bridgehead atoms. The Kier molecular flexibility index (Phi) is 6.53. The molecule has 1 aliphatic carbocycles. The molecule has 0 spiro atoms. The van der Waals surface area contributed by atoms with Gasteiger partial charge in [0.05, 0.1) is 0 Å². The van der Waals surface area contributed by atoms with Gasteiger partial charge in [0.2, 0.25) is 0 Å². The first-order valence-electron chi connectivity index (χ1n) is 7.70.